The third-order valence-corrected chi connectivity index (χ3v) is 17.9. The van der Waals surface area contributed by atoms with Crippen LogP contribution in [0.5, 0.6) is 0 Å². The Labute approximate surface area is 547 Å². The third kappa shape index (κ3) is 63.7. The largest absolute Gasteiger partial charge is 0.399 e. The van der Waals surface area contributed by atoms with Gasteiger partial charge in [-0.25, -0.2) is 0 Å². The number of hydrogen-bond donors (Lipinski definition) is 8. The van der Waals surface area contributed by atoms with Gasteiger partial charge in [-0.1, -0.05) is 195 Å². The van der Waals surface area contributed by atoms with E-state index in [1.165, 1.54) is 245 Å². The number of benzene rings is 1. The van der Waals surface area contributed by atoms with Crippen molar-refractivity contribution in [3.8, 4) is 0 Å². The van der Waals surface area contributed by atoms with Crippen molar-refractivity contribution < 1.29 is 9.59 Å². The number of carbonyl (C=O) groups is 2. The van der Waals surface area contributed by atoms with Crippen molar-refractivity contribution in [2.24, 2.45) is 58.1 Å². The topological polar surface area (TPSA) is 252 Å². The molecule has 1 aromatic rings. The molecule has 88 heavy (non-hydrogen) atoms. The van der Waals surface area contributed by atoms with Crippen LogP contribution in [0.1, 0.15) is 299 Å². The zero-order valence-electron chi connectivity index (χ0n) is 60.4. The number of allylic oxidation sites excluding steroid dienone is 2. The van der Waals surface area contributed by atoms with Crippen LogP contribution in [0.15, 0.2) is 36.4 Å². The van der Waals surface area contributed by atoms with Gasteiger partial charge in [0.1, 0.15) is 11.6 Å². The van der Waals surface area contributed by atoms with Crippen LogP contribution in [0.3, 0.4) is 0 Å². The van der Waals surface area contributed by atoms with E-state index in [9.17, 15) is 9.59 Å². The molecule has 13 heteroatoms. The summed E-state index contributed by atoms with van der Waals surface area (Å²) in [6.07, 6.45) is 55.1. The molecule has 5 aliphatic rings. The van der Waals surface area contributed by atoms with Gasteiger partial charge in [-0.3, -0.25) is 9.59 Å². The summed E-state index contributed by atoms with van der Waals surface area (Å²) >= 11 is 0. The summed E-state index contributed by atoms with van der Waals surface area (Å²) in [5, 5.41) is 0. The fourth-order valence-electron chi connectivity index (χ4n) is 11.9. The van der Waals surface area contributed by atoms with Crippen LogP contribution < -0.4 is 45.9 Å². The highest BCUT2D eigenvalue weighted by molar-refractivity contribution is 6.01. The zero-order valence-corrected chi connectivity index (χ0v) is 60.4. The first-order chi connectivity index (χ1) is 42.2. The summed E-state index contributed by atoms with van der Waals surface area (Å²) in [6, 6.07) is 8.49. The number of unbranched alkanes of at least 4 members (excludes halogenated alkanes) is 15. The van der Waals surface area contributed by atoms with E-state index >= 15 is 0 Å². The van der Waals surface area contributed by atoms with Crippen molar-refractivity contribution in [2.45, 2.75) is 323 Å². The first kappa shape index (κ1) is 89.7. The molecule has 7 atom stereocenters. The lowest BCUT2D eigenvalue weighted by molar-refractivity contribution is -0.133. The Bertz CT molecular complexity index is 1550. The first-order valence-electron chi connectivity index (χ1n) is 36.9. The standard InChI is InChI=1S/C18H37N.C10H24N2.C8H12O2.C8H16.C7H15N.C6H14N2.C6H8N2.C6H14N2.C6H15N/c1-2-3-4-5-6-7-8-9-10-11-12-13-14-15-16-17-18-19;1-11(2)9-7-5-6-8-10-12(3)4;1-6(9)7-4-2-3-5-8(7)10;1-7-4-3-5-8(2)6-7;8-6-7-4-2-1-3-5-7;2*7-5-2-1-3-6(8)4-5;7-5-3-1-2-4-6(5)8;1-4-7(5-2)6-3/h9-10H,2-8,11-19H2,1H3;5-10H2,1-4H3;7H,2-5H2,1H3;7-8H,3-6H2,1-2H3;7H,1-6,8H2;5-6H,1-4,7-8H2;1-4H,7-8H2;5-6H,1-4,7-8H2;4-6H2,1-3H3/b10-9-;;;;;;;;. The van der Waals surface area contributed by atoms with Crippen molar-refractivity contribution in [1.82, 2.24) is 14.7 Å². The molecule has 522 valence electrons. The number of nitrogen functional groups attached to an aromatic ring is 2. The molecule has 0 heterocycles. The van der Waals surface area contributed by atoms with Gasteiger partial charge in [0.05, 0.1) is 5.92 Å². The van der Waals surface area contributed by atoms with Gasteiger partial charge >= 0.3 is 0 Å². The SMILES string of the molecule is CC(=O)C1CCCCC1=O.CC1CCCC(C)C1.CCCCCCCC/C=C\CCCCCCCCN.CCN(CC)CC.CN(C)CCCCCCN(C)C.NC1CCCC(N)C1.NC1CCCCC1N.NCC1CCCCC1.Nc1cccc(N)c1. The smallest absolute Gasteiger partial charge is 0.143 e. The van der Waals surface area contributed by atoms with Crippen molar-refractivity contribution in [1.29, 1.82) is 0 Å². The highest BCUT2D eigenvalue weighted by Gasteiger charge is 2.25. The average molecular weight is 1240 g/mol. The van der Waals surface area contributed by atoms with Gasteiger partial charge in [0.15, 0.2) is 0 Å². The molecule has 0 bridgehead atoms. The van der Waals surface area contributed by atoms with Crippen LogP contribution in [0.4, 0.5) is 11.4 Å². The molecule has 0 radical (unpaired) electrons. The molecule has 0 amide bonds. The molecule has 5 saturated carbocycles. The Balaban J connectivity index is -0.000000942. The molecule has 0 aromatic heterocycles. The Morgan fingerprint density at radius 2 is 0.932 bits per heavy atom. The van der Waals surface area contributed by atoms with Crippen molar-refractivity contribution in [3.63, 3.8) is 0 Å². The second-order valence-corrected chi connectivity index (χ2v) is 27.3. The van der Waals surface area contributed by atoms with Gasteiger partial charge < -0.3 is 60.6 Å². The van der Waals surface area contributed by atoms with E-state index in [0.717, 1.165) is 69.4 Å². The summed E-state index contributed by atoms with van der Waals surface area (Å²) in [5.74, 6) is 2.83. The third-order valence-electron chi connectivity index (χ3n) is 17.9. The molecule has 0 spiro atoms. The van der Waals surface area contributed by atoms with E-state index in [0.29, 0.717) is 29.9 Å². The molecule has 0 aliphatic heterocycles. The molecule has 5 aliphatic carbocycles. The second kappa shape index (κ2) is 66.0. The Kier molecular flexibility index (Phi) is 67.3. The summed E-state index contributed by atoms with van der Waals surface area (Å²) < 4.78 is 0. The molecule has 13 nitrogen and oxygen atoms in total. The maximum absolute atomic E-state index is 11.0. The highest BCUT2D eigenvalue weighted by Crippen LogP contribution is 2.28. The van der Waals surface area contributed by atoms with Gasteiger partial charge in [-0.2, -0.15) is 0 Å². The number of rotatable bonds is 27. The number of nitrogens with two attached hydrogens (primary N) is 8. The highest BCUT2D eigenvalue weighted by atomic mass is 16.1. The molecular formula is C75H155N11O2. The lowest BCUT2D eigenvalue weighted by Gasteiger charge is -2.24. The molecule has 16 N–H and O–H groups in total. The van der Waals surface area contributed by atoms with E-state index in [4.69, 9.17) is 45.9 Å². The van der Waals surface area contributed by atoms with Gasteiger partial charge in [0, 0.05) is 42.0 Å². The van der Waals surface area contributed by atoms with Crippen molar-refractivity contribution in [2.75, 3.05) is 85.5 Å². The summed E-state index contributed by atoms with van der Waals surface area (Å²) in [7, 11) is 8.55. The van der Waals surface area contributed by atoms with E-state index in [2.05, 4.69) is 96.6 Å². The van der Waals surface area contributed by atoms with Crippen LogP contribution in [-0.2, 0) is 9.59 Å². The first-order valence-corrected chi connectivity index (χ1v) is 36.9. The van der Waals surface area contributed by atoms with Crippen molar-refractivity contribution in [3.05, 3.63) is 36.4 Å². The summed E-state index contributed by atoms with van der Waals surface area (Å²) in [5.41, 5.74) is 45.8. The molecule has 0 saturated heterocycles. The number of Topliss-reactive ketones (excluding diaryl/α,β-unsaturated/α-hetero) is 2. The van der Waals surface area contributed by atoms with E-state index in [1.807, 2.05) is 6.07 Å². The van der Waals surface area contributed by atoms with Gasteiger partial charge in [-0.05, 0) is 226 Å². The number of ketones is 2. The monoisotopic (exact) mass is 1240 g/mol. The normalized spacial score (nSPS) is 21.7. The number of nitrogens with zero attached hydrogens (tertiary/aromatic N) is 3. The number of carbonyl (C=O) groups excluding carboxylic acids is 2. The van der Waals surface area contributed by atoms with Crippen LogP contribution in [0, 0.1) is 23.7 Å². The van der Waals surface area contributed by atoms with Gasteiger partial charge in [0.2, 0.25) is 0 Å². The van der Waals surface area contributed by atoms with Crippen LogP contribution >= 0.6 is 0 Å². The van der Waals surface area contributed by atoms with E-state index in [1.54, 1.807) is 18.2 Å². The number of hydrogen-bond acceptors (Lipinski definition) is 13. The minimum atomic E-state index is -0.256. The fraction of sp³-hybridized carbons (Fsp3) is 0.867. The van der Waals surface area contributed by atoms with Gasteiger partial charge in [-0.15, -0.1) is 0 Å². The Hall–Kier alpha value is -2.46. The zero-order chi connectivity index (χ0) is 66.4. The second-order valence-electron chi connectivity index (χ2n) is 27.3. The van der Waals surface area contributed by atoms with Crippen LogP contribution in [-0.4, -0.2) is 124 Å². The van der Waals surface area contributed by atoms with Crippen LogP contribution in [0.25, 0.3) is 0 Å². The maximum Gasteiger partial charge on any atom is 0.143 e. The Morgan fingerprint density at radius 1 is 0.511 bits per heavy atom. The van der Waals surface area contributed by atoms with E-state index < -0.39 is 0 Å². The average Bonchev–Trinajstić information content (AvgIpc) is 3.57. The number of anilines is 2. The Morgan fingerprint density at radius 3 is 1.24 bits per heavy atom. The molecule has 7 unspecified atom stereocenters. The minimum absolute atomic E-state index is 0.0460. The molecule has 1 aromatic carbocycles. The molecule has 5 fully saturated rings. The van der Waals surface area contributed by atoms with Gasteiger partial charge in [0.25, 0.3) is 0 Å². The quantitative estimate of drug-likeness (QED) is 0.0177. The summed E-state index contributed by atoms with van der Waals surface area (Å²) in [6.45, 7) is 22.9. The maximum atomic E-state index is 11.0. The predicted molar refractivity (Wildman–Crippen MR) is 392 cm³/mol. The lowest BCUT2D eigenvalue weighted by atomic mass is 9.84. The summed E-state index contributed by atoms with van der Waals surface area (Å²) in [4.78, 5) is 28.7. The molecular weight excluding hydrogens is 1090 g/mol. The molecule has 6 rings (SSSR count). The predicted octanol–water partition coefficient (Wildman–Crippen LogP) is 16.0. The van der Waals surface area contributed by atoms with Crippen LogP contribution in [0.2, 0.25) is 0 Å². The van der Waals surface area contributed by atoms with E-state index in [-0.39, 0.29) is 29.6 Å². The van der Waals surface area contributed by atoms with Crippen molar-refractivity contribution >= 4 is 22.9 Å². The lowest BCUT2D eigenvalue weighted by Crippen LogP contribution is -2.43. The fourth-order valence-corrected chi connectivity index (χ4v) is 11.9. The minimum Gasteiger partial charge on any atom is -0.399 e.